The average Bonchev–Trinajstić information content (AvgIpc) is 2.14. The van der Waals surface area contributed by atoms with Crippen LogP contribution in [-0.2, 0) is 2.62 Å². The Balaban J connectivity index is 2.52. The fourth-order valence-electron chi connectivity index (χ4n) is 0.691. The molecule has 0 fully saturated rings. The first-order valence-electron chi connectivity index (χ1n) is 3.39. The molecular formula is C7H7ClIO5-. The Bertz CT molecular complexity index is 283. The predicted molar refractivity (Wildman–Crippen MR) is 32.8 cm³/mol. The van der Waals surface area contributed by atoms with Gasteiger partial charge in [-0.1, -0.05) is 0 Å². The maximum absolute atomic E-state index is 10.1. The fourth-order valence-corrected chi connectivity index (χ4v) is 2.67. The van der Waals surface area contributed by atoms with Crippen LogP contribution in [0, 0.1) is 13.8 Å². The summed E-state index contributed by atoms with van der Waals surface area (Å²) in [7, 11) is -2.78. The first-order chi connectivity index (χ1) is 6.51. The van der Waals surface area contributed by atoms with E-state index in [9.17, 15) is 14.0 Å². The Kier molecular flexibility index (Phi) is 4.35. The molecule has 0 heterocycles. The molecule has 0 saturated heterocycles. The molecule has 0 atom stereocenters. The number of hydrogen-bond donors (Lipinski definition) is 0. The summed E-state index contributed by atoms with van der Waals surface area (Å²) >= 11 is -1.25. The molecule has 0 radical (unpaired) electrons. The van der Waals surface area contributed by atoms with Gasteiger partial charge in [-0.2, -0.15) is 0 Å². The van der Waals surface area contributed by atoms with Crippen molar-refractivity contribution < 1.29 is 53.2 Å². The van der Waals surface area contributed by atoms with Gasteiger partial charge in [-0.05, 0) is 0 Å². The maximum atomic E-state index is 10.1. The topological polar surface area (TPSA) is 87.6 Å². The third-order valence-electron chi connectivity index (χ3n) is 1.24. The van der Waals surface area contributed by atoms with Crippen LogP contribution in [0.3, 0.4) is 0 Å². The summed E-state index contributed by atoms with van der Waals surface area (Å²) in [4.78, 5) is 0. The Labute approximate surface area is 93.8 Å². The number of benzene rings is 1. The summed E-state index contributed by atoms with van der Waals surface area (Å²) in [5, 5.41) is 0. The normalized spacial score (nSPS) is 11.7. The van der Waals surface area contributed by atoms with Gasteiger partial charge in [0.05, 0.1) is 0 Å². The molecular weight excluding hydrogens is 326 g/mol. The first kappa shape index (κ1) is 12.0. The van der Waals surface area contributed by atoms with E-state index in [1.165, 1.54) is 7.11 Å². The van der Waals surface area contributed by atoms with Gasteiger partial charge in [0.25, 0.3) is 0 Å². The van der Waals surface area contributed by atoms with Crippen molar-refractivity contribution in [1.29, 1.82) is 0 Å². The SMILES string of the molecule is COc1ccc([I-]O[Cl+3]([O-])([O-])[O-])cc1. The van der Waals surface area contributed by atoms with Gasteiger partial charge in [-0.3, -0.25) is 0 Å². The van der Waals surface area contributed by atoms with Gasteiger partial charge in [0.15, 0.2) is 0 Å². The van der Waals surface area contributed by atoms with Crippen molar-refractivity contribution in [3.63, 3.8) is 0 Å². The van der Waals surface area contributed by atoms with E-state index in [-0.39, 0.29) is 0 Å². The van der Waals surface area contributed by atoms with Crippen molar-refractivity contribution in [2.75, 3.05) is 7.11 Å². The second kappa shape index (κ2) is 5.10. The molecule has 0 amide bonds. The second-order valence-electron chi connectivity index (χ2n) is 2.17. The van der Waals surface area contributed by atoms with E-state index in [4.69, 9.17) is 4.74 Å². The average molecular weight is 333 g/mol. The van der Waals surface area contributed by atoms with Crippen LogP contribution in [-0.4, -0.2) is 7.11 Å². The van der Waals surface area contributed by atoms with E-state index in [1.54, 1.807) is 24.3 Å². The van der Waals surface area contributed by atoms with Gasteiger partial charge in [0.1, 0.15) is 0 Å². The van der Waals surface area contributed by atoms with Crippen molar-refractivity contribution in [1.82, 2.24) is 0 Å². The third kappa shape index (κ3) is 4.40. The van der Waals surface area contributed by atoms with Gasteiger partial charge < -0.3 is 0 Å². The molecule has 0 bridgehead atoms. The van der Waals surface area contributed by atoms with Crippen LogP contribution < -0.4 is 40.3 Å². The molecule has 0 aliphatic carbocycles. The summed E-state index contributed by atoms with van der Waals surface area (Å²) in [5.74, 6) is 0.667. The van der Waals surface area contributed by atoms with E-state index in [1.807, 2.05) is 0 Å². The standard InChI is InChI=1S/C7H7ClIO5/c1-13-7-4-2-6(3-5-7)9-14-8(10,11)12/h2-5H,1H3/q-1. The Hall–Kier alpha value is -0.120. The van der Waals surface area contributed by atoms with E-state index in [2.05, 4.69) is 2.62 Å². The molecule has 0 aliphatic rings. The van der Waals surface area contributed by atoms with Crippen molar-refractivity contribution in [3.05, 3.63) is 27.8 Å². The zero-order valence-corrected chi connectivity index (χ0v) is 10.0. The fraction of sp³-hybridized carbons (Fsp3) is 0.143. The molecule has 1 aromatic carbocycles. The van der Waals surface area contributed by atoms with Gasteiger partial charge in [-0.15, -0.1) is 0 Å². The van der Waals surface area contributed by atoms with Crippen molar-refractivity contribution in [2.45, 2.75) is 0 Å². The Morgan fingerprint density at radius 2 is 1.71 bits per heavy atom. The summed E-state index contributed by atoms with van der Waals surface area (Å²) in [6.45, 7) is 0. The molecule has 80 valence electrons. The minimum atomic E-state index is -4.31. The van der Waals surface area contributed by atoms with Crippen LogP contribution in [0.1, 0.15) is 0 Å². The Morgan fingerprint density at radius 1 is 1.14 bits per heavy atom. The molecule has 0 unspecified atom stereocenters. The molecule has 1 rings (SSSR count). The van der Waals surface area contributed by atoms with Crippen LogP contribution in [0.4, 0.5) is 0 Å². The molecule has 7 heteroatoms. The summed E-state index contributed by atoms with van der Waals surface area (Å²) < 4.78 is 40.1. The molecule has 0 aliphatic heterocycles. The van der Waals surface area contributed by atoms with E-state index < -0.39 is 31.9 Å². The van der Waals surface area contributed by atoms with Crippen molar-refractivity contribution in [3.8, 4) is 5.75 Å². The van der Waals surface area contributed by atoms with Gasteiger partial charge in [-0.25, -0.2) is 0 Å². The molecule has 0 saturated carbocycles. The van der Waals surface area contributed by atoms with Crippen LogP contribution in [0.5, 0.6) is 5.75 Å². The quantitative estimate of drug-likeness (QED) is 0.514. The van der Waals surface area contributed by atoms with Crippen LogP contribution in [0.15, 0.2) is 24.3 Å². The zero-order valence-electron chi connectivity index (χ0n) is 7.11. The zero-order chi connectivity index (χ0) is 10.6. The molecule has 1 aromatic rings. The number of hydrogen-bond acceptors (Lipinski definition) is 5. The predicted octanol–water partition coefficient (Wildman–Crippen LogP) is -5.22. The molecule has 14 heavy (non-hydrogen) atoms. The number of halogens is 2. The first-order valence-corrected chi connectivity index (χ1v) is 6.59. The van der Waals surface area contributed by atoms with Crippen LogP contribution >= 0.6 is 0 Å². The number of methoxy groups -OCH3 is 1. The number of ether oxygens (including phenoxy) is 1. The van der Waals surface area contributed by atoms with Crippen LogP contribution in [0.2, 0.25) is 0 Å². The van der Waals surface area contributed by atoms with E-state index >= 15 is 0 Å². The second-order valence-corrected chi connectivity index (χ2v) is 5.73. The summed E-state index contributed by atoms with van der Waals surface area (Å²) in [6.07, 6.45) is 0. The molecule has 0 spiro atoms. The van der Waals surface area contributed by atoms with Crippen LogP contribution in [0.25, 0.3) is 0 Å². The summed E-state index contributed by atoms with van der Waals surface area (Å²) in [6, 6.07) is 6.67. The van der Waals surface area contributed by atoms with Gasteiger partial charge >= 0.3 is 93.9 Å². The van der Waals surface area contributed by atoms with Crippen molar-refractivity contribution in [2.24, 2.45) is 0 Å². The molecule has 0 N–H and O–H groups in total. The number of rotatable bonds is 4. The minimum absolute atomic E-state index is 0.667. The Morgan fingerprint density at radius 3 is 2.14 bits per heavy atom. The third-order valence-corrected chi connectivity index (χ3v) is 4.39. The van der Waals surface area contributed by atoms with E-state index in [0.717, 1.165) is 0 Å². The van der Waals surface area contributed by atoms with Gasteiger partial charge in [0, 0.05) is 0 Å². The molecule has 5 nitrogen and oxygen atoms in total. The van der Waals surface area contributed by atoms with E-state index in [0.29, 0.717) is 9.32 Å². The van der Waals surface area contributed by atoms with Gasteiger partial charge in [0.2, 0.25) is 0 Å². The van der Waals surface area contributed by atoms with Crippen molar-refractivity contribution >= 4 is 0 Å². The summed E-state index contributed by atoms with van der Waals surface area (Å²) in [5.41, 5.74) is 0. The monoisotopic (exact) mass is 333 g/mol. The molecule has 0 aromatic heterocycles.